The number of amides is 1. The zero-order valence-electron chi connectivity index (χ0n) is 17.5. The van der Waals surface area contributed by atoms with Gasteiger partial charge in [-0.25, -0.2) is 9.97 Å². The second-order valence-electron chi connectivity index (χ2n) is 7.54. The summed E-state index contributed by atoms with van der Waals surface area (Å²) in [6.45, 7) is 5.29. The van der Waals surface area contributed by atoms with E-state index in [9.17, 15) is 9.18 Å². The lowest BCUT2D eigenvalue weighted by Gasteiger charge is -2.12. The van der Waals surface area contributed by atoms with Gasteiger partial charge in [0.1, 0.15) is 16.5 Å². The van der Waals surface area contributed by atoms with Crippen LogP contribution in [0.4, 0.5) is 21.7 Å². The monoisotopic (exact) mass is 452 g/mol. The van der Waals surface area contributed by atoms with Crippen molar-refractivity contribution in [2.75, 3.05) is 23.8 Å². The van der Waals surface area contributed by atoms with Crippen LogP contribution in [0.2, 0.25) is 0 Å². The second-order valence-corrected chi connectivity index (χ2v) is 8.59. The van der Waals surface area contributed by atoms with Crippen LogP contribution in [0.15, 0.2) is 30.5 Å². The maximum atomic E-state index is 13.7. The summed E-state index contributed by atoms with van der Waals surface area (Å²) in [6.07, 6.45) is 0.582. The van der Waals surface area contributed by atoms with E-state index in [1.54, 1.807) is 0 Å². The predicted octanol–water partition coefficient (Wildman–Crippen LogP) is 4.20. The van der Waals surface area contributed by atoms with Gasteiger partial charge in [-0.05, 0) is 38.1 Å². The van der Waals surface area contributed by atoms with Crippen LogP contribution in [0, 0.1) is 6.08 Å². The first-order chi connectivity index (χ1) is 15.5. The summed E-state index contributed by atoms with van der Waals surface area (Å²) >= 11 is 1.47. The number of thiophene rings is 1. The number of ether oxygens (including phenoxy) is 1. The summed E-state index contributed by atoms with van der Waals surface area (Å²) in [6, 6.07) is 7.70. The Morgan fingerprint density at radius 2 is 2.16 bits per heavy atom. The van der Waals surface area contributed by atoms with Gasteiger partial charge in [-0.2, -0.15) is 9.37 Å². The Bertz CT molecular complexity index is 1340. The zero-order valence-corrected chi connectivity index (χ0v) is 18.3. The number of nitrogens with zero attached hydrogens (tertiary/aromatic N) is 3. The van der Waals surface area contributed by atoms with Gasteiger partial charge in [-0.15, -0.1) is 11.3 Å². The number of benzene rings is 1. The molecule has 1 aromatic carbocycles. The van der Waals surface area contributed by atoms with Crippen molar-refractivity contribution in [3.8, 4) is 0 Å². The maximum Gasteiger partial charge on any atom is 0.310 e. The largest absolute Gasteiger partial charge is 0.381 e. The van der Waals surface area contributed by atoms with Gasteiger partial charge < -0.3 is 20.7 Å². The number of carbonyl (C=O) groups excluding carboxylic acids is 1. The molecule has 0 unspecified atom stereocenters. The van der Waals surface area contributed by atoms with Gasteiger partial charge in [-0.1, -0.05) is 0 Å². The lowest BCUT2D eigenvalue weighted by molar-refractivity contribution is 0.0949. The van der Waals surface area contributed by atoms with Crippen LogP contribution < -0.4 is 16.0 Å². The molecule has 0 radical (unpaired) electrons. The van der Waals surface area contributed by atoms with Crippen molar-refractivity contribution in [1.82, 2.24) is 20.3 Å². The van der Waals surface area contributed by atoms with Crippen molar-refractivity contribution < 1.29 is 13.9 Å². The smallest absolute Gasteiger partial charge is 0.310 e. The molecule has 0 spiro atoms. The average Bonchev–Trinajstić information content (AvgIpc) is 3.09. The van der Waals surface area contributed by atoms with Crippen LogP contribution in [0.25, 0.3) is 21.0 Å². The molecule has 164 valence electrons. The molecule has 5 rings (SSSR count). The third-order valence-corrected chi connectivity index (χ3v) is 6.39. The highest BCUT2D eigenvalue weighted by molar-refractivity contribution is 7.21. The molecule has 1 aliphatic heterocycles. The molecule has 8 nitrogen and oxygen atoms in total. The maximum absolute atomic E-state index is 13.7. The van der Waals surface area contributed by atoms with Crippen molar-refractivity contribution in [3.63, 3.8) is 0 Å². The van der Waals surface area contributed by atoms with E-state index < -0.39 is 6.08 Å². The molecule has 1 aliphatic rings. The summed E-state index contributed by atoms with van der Waals surface area (Å²) in [4.78, 5) is 25.5. The number of rotatable bonds is 5. The Morgan fingerprint density at radius 3 is 3.00 bits per heavy atom. The standard InChI is InChI=1S/C22H21FN6O2S/c1-3-31-10-12-9-25-22(23)29-20(12)28-16-7-4-13-14(27-16)5-6-15-17(13)18-19(32-15)21(30)26-11(2)8-24-18/h4-7,9,11,24H,3,8,10H2,1-2H3,(H,26,30)(H,25,27,28,29)/t11-/m1/s1. The summed E-state index contributed by atoms with van der Waals surface area (Å²) in [5.41, 5.74) is 2.23. The molecule has 0 fully saturated rings. The van der Waals surface area contributed by atoms with E-state index in [0.29, 0.717) is 35.2 Å². The van der Waals surface area contributed by atoms with Gasteiger partial charge >= 0.3 is 6.08 Å². The minimum atomic E-state index is -0.824. The Labute approximate surface area is 187 Å². The van der Waals surface area contributed by atoms with E-state index in [0.717, 1.165) is 26.7 Å². The second kappa shape index (κ2) is 8.29. The van der Waals surface area contributed by atoms with Crippen LogP contribution in [0.5, 0.6) is 0 Å². The Kier molecular flexibility index (Phi) is 5.32. The molecular weight excluding hydrogens is 431 g/mol. The average molecular weight is 453 g/mol. The first kappa shape index (κ1) is 20.5. The summed E-state index contributed by atoms with van der Waals surface area (Å²) in [7, 11) is 0. The number of hydrogen-bond donors (Lipinski definition) is 3. The van der Waals surface area contributed by atoms with E-state index in [2.05, 4.69) is 25.9 Å². The first-order valence-electron chi connectivity index (χ1n) is 10.3. The highest BCUT2D eigenvalue weighted by atomic mass is 32.1. The van der Waals surface area contributed by atoms with E-state index in [-0.39, 0.29) is 18.6 Å². The molecule has 4 heterocycles. The molecule has 10 heteroatoms. The van der Waals surface area contributed by atoms with Gasteiger partial charge in [0.05, 0.1) is 17.8 Å². The fourth-order valence-corrected chi connectivity index (χ4v) is 4.83. The highest BCUT2D eigenvalue weighted by Crippen LogP contribution is 2.41. The lowest BCUT2D eigenvalue weighted by Crippen LogP contribution is -2.34. The van der Waals surface area contributed by atoms with E-state index in [1.165, 1.54) is 17.5 Å². The fraction of sp³-hybridized carbons (Fsp3) is 0.273. The quantitative estimate of drug-likeness (QED) is 0.390. The molecule has 4 aromatic rings. The molecule has 0 saturated carbocycles. The van der Waals surface area contributed by atoms with Gasteiger partial charge in [0.15, 0.2) is 0 Å². The topological polar surface area (TPSA) is 101 Å². The van der Waals surface area contributed by atoms with Gasteiger partial charge in [0, 0.05) is 46.4 Å². The van der Waals surface area contributed by atoms with Crippen LogP contribution in [0.1, 0.15) is 29.1 Å². The number of pyridine rings is 1. The summed E-state index contributed by atoms with van der Waals surface area (Å²) in [5, 5.41) is 11.4. The number of anilines is 3. The number of hydrogen-bond acceptors (Lipinski definition) is 8. The molecule has 3 aromatic heterocycles. The molecule has 1 atom stereocenters. The third kappa shape index (κ3) is 3.71. The van der Waals surface area contributed by atoms with Crippen molar-refractivity contribution in [3.05, 3.63) is 47.0 Å². The number of aromatic nitrogens is 3. The lowest BCUT2D eigenvalue weighted by atomic mass is 10.1. The highest BCUT2D eigenvalue weighted by Gasteiger charge is 2.24. The number of halogens is 1. The molecule has 0 saturated heterocycles. The van der Waals surface area contributed by atoms with Crippen molar-refractivity contribution in [2.24, 2.45) is 0 Å². The van der Waals surface area contributed by atoms with Crippen molar-refractivity contribution in [1.29, 1.82) is 0 Å². The molecule has 1 amide bonds. The summed E-state index contributed by atoms with van der Waals surface area (Å²) < 4.78 is 20.1. The molecular formula is C22H21FN6O2S. The van der Waals surface area contributed by atoms with Crippen molar-refractivity contribution >= 4 is 55.6 Å². The number of nitrogens with one attached hydrogen (secondary N) is 3. The Hall–Kier alpha value is -3.37. The SMILES string of the molecule is CCOCc1cnc(F)nc1Nc1ccc2c(ccc3sc4c(c32)NC[C@@H](C)NC4=O)n1. The van der Waals surface area contributed by atoms with E-state index in [1.807, 2.05) is 38.1 Å². The minimum Gasteiger partial charge on any atom is -0.381 e. The van der Waals surface area contributed by atoms with Crippen LogP contribution in [-0.4, -0.2) is 40.1 Å². The number of carbonyl (C=O) groups is 1. The van der Waals surface area contributed by atoms with Crippen LogP contribution in [0.3, 0.4) is 0 Å². The zero-order chi connectivity index (χ0) is 22.2. The Balaban J connectivity index is 1.55. The van der Waals surface area contributed by atoms with Crippen molar-refractivity contribution in [2.45, 2.75) is 26.5 Å². The van der Waals surface area contributed by atoms with E-state index in [4.69, 9.17) is 9.72 Å². The van der Waals surface area contributed by atoms with Gasteiger partial charge in [0.2, 0.25) is 0 Å². The third-order valence-electron chi connectivity index (χ3n) is 5.23. The molecule has 32 heavy (non-hydrogen) atoms. The normalized spacial score (nSPS) is 15.8. The molecule has 3 N–H and O–H groups in total. The molecule has 0 aliphatic carbocycles. The van der Waals surface area contributed by atoms with Crippen LogP contribution >= 0.6 is 11.3 Å². The minimum absolute atomic E-state index is 0.0418. The summed E-state index contributed by atoms with van der Waals surface area (Å²) in [5.74, 6) is 0.773. The van der Waals surface area contributed by atoms with Gasteiger partial charge in [-0.3, -0.25) is 4.79 Å². The fourth-order valence-electron chi connectivity index (χ4n) is 3.73. The Morgan fingerprint density at radius 1 is 1.28 bits per heavy atom. The molecule has 0 bridgehead atoms. The van der Waals surface area contributed by atoms with Crippen LogP contribution in [-0.2, 0) is 11.3 Å². The predicted molar refractivity (Wildman–Crippen MR) is 123 cm³/mol. The van der Waals surface area contributed by atoms with Gasteiger partial charge in [0.25, 0.3) is 5.91 Å². The first-order valence-corrected chi connectivity index (χ1v) is 11.1. The number of fused-ring (bicyclic) bond motifs is 5. The van der Waals surface area contributed by atoms with E-state index >= 15 is 0 Å².